The van der Waals surface area contributed by atoms with Crippen molar-refractivity contribution >= 4 is 5.69 Å². The van der Waals surface area contributed by atoms with E-state index in [1.807, 2.05) is 6.07 Å². The van der Waals surface area contributed by atoms with Crippen LogP contribution in [0.15, 0.2) is 18.2 Å². The molecule has 3 rings (SSSR count). The van der Waals surface area contributed by atoms with E-state index in [1.165, 1.54) is 24.1 Å². The Morgan fingerprint density at radius 3 is 3.12 bits per heavy atom. The molecule has 0 spiro atoms. The summed E-state index contributed by atoms with van der Waals surface area (Å²) in [5.41, 5.74) is 8.36. The monoisotopic (exact) mass is 218 g/mol. The summed E-state index contributed by atoms with van der Waals surface area (Å²) in [4.78, 5) is 2.44. The van der Waals surface area contributed by atoms with E-state index in [1.54, 1.807) is 6.07 Å². The minimum Gasteiger partial charge on any atom is -0.508 e. The van der Waals surface area contributed by atoms with Crippen molar-refractivity contribution in [3.8, 4) is 5.75 Å². The second-order valence-corrected chi connectivity index (χ2v) is 5.00. The number of rotatable bonds is 1. The topological polar surface area (TPSA) is 49.5 Å². The molecule has 1 saturated heterocycles. The Balaban J connectivity index is 1.96. The van der Waals surface area contributed by atoms with Crippen LogP contribution < -0.4 is 10.6 Å². The molecule has 0 radical (unpaired) electrons. The largest absolute Gasteiger partial charge is 0.508 e. The van der Waals surface area contributed by atoms with Gasteiger partial charge < -0.3 is 15.7 Å². The maximum Gasteiger partial charge on any atom is 0.117 e. The van der Waals surface area contributed by atoms with Gasteiger partial charge in [-0.2, -0.15) is 0 Å². The van der Waals surface area contributed by atoms with Crippen LogP contribution in [0.5, 0.6) is 5.75 Å². The number of aromatic hydroxyl groups is 1. The van der Waals surface area contributed by atoms with Crippen LogP contribution in [0.2, 0.25) is 0 Å². The smallest absolute Gasteiger partial charge is 0.117 e. The molecule has 2 atom stereocenters. The number of fused-ring (bicyclic) bond motifs is 3. The van der Waals surface area contributed by atoms with Crippen LogP contribution in [0.25, 0.3) is 0 Å². The summed E-state index contributed by atoms with van der Waals surface area (Å²) in [7, 11) is 0. The highest BCUT2D eigenvalue weighted by Gasteiger charge is 2.35. The molecule has 16 heavy (non-hydrogen) atoms. The average molecular weight is 218 g/mol. The van der Waals surface area contributed by atoms with Crippen molar-refractivity contribution in [2.75, 3.05) is 18.0 Å². The number of hydrogen-bond donors (Lipinski definition) is 2. The van der Waals surface area contributed by atoms with Gasteiger partial charge in [0.2, 0.25) is 0 Å². The molecule has 2 aliphatic heterocycles. The molecule has 1 fully saturated rings. The first kappa shape index (κ1) is 9.97. The molecule has 0 aliphatic carbocycles. The highest BCUT2D eigenvalue weighted by molar-refractivity contribution is 5.60. The molecule has 2 unspecified atom stereocenters. The summed E-state index contributed by atoms with van der Waals surface area (Å²) in [6, 6.07) is 6.38. The Morgan fingerprint density at radius 1 is 1.44 bits per heavy atom. The number of nitrogens with zero attached hydrogens (tertiary/aromatic N) is 1. The van der Waals surface area contributed by atoms with Gasteiger partial charge in [0.25, 0.3) is 0 Å². The van der Waals surface area contributed by atoms with Crippen molar-refractivity contribution in [3.05, 3.63) is 23.8 Å². The van der Waals surface area contributed by atoms with Gasteiger partial charge in [-0.15, -0.1) is 0 Å². The lowest BCUT2D eigenvalue weighted by atomic mass is 9.95. The summed E-state index contributed by atoms with van der Waals surface area (Å²) < 4.78 is 0. The van der Waals surface area contributed by atoms with Crippen LogP contribution in [0.3, 0.4) is 0 Å². The average Bonchev–Trinajstić information content (AvgIpc) is 2.72. The van der Waals surface area contributed by atoms with Gasteiger partial charge in [0.05, 0.1) is 0 Å². The van der Waals surface area contributed by atoms with Crippen molar-refractivity contribution in [3.63, 3.8) is 0 Å². The van der Waals surface area contributed by atoms with Gasteiger partial charge in [-0.3, -0.25) is 0 Å². The number of hydrogen-bond acceptors (Lipinski definition) is 3. The van der Waals surface area contributed by atoms with E-state index in [0.29, 0.717) is 17.7 Å². The molecular weight excluding hydrogens is 200 g/mol. The van der Waals surface area contributed by atoms with Gasteiger partial charge in [-0.25, -0.2) is 0 Å². The van der Waals surface area contributed by atoms with Gasteiger partial charge in [0.15, 0.2) is 0 Å². The molecule has 2 heterocycles. The molecule has 1 aromatic carbocycles. The van der Waals surface area contributed by atoms with Gasteiger partial charge in [0, 0.05) is 24.3 Å². The third-order valence-corrected chi connectivity index (χ3v) is 3.96. The zero-order valence-electron chi connectivity index (χ0n) is 9.39. The van der Waals surface area contributed by atoms with E-state index in [9.17, 15) is 5.11 Å². The fourth-order valence-electron chi connectivity index (χ4n) is 3.11. The number of anilines is 1. The molecule has 86 valence electrons. The first-order valence-corrected chi connectivity index (χ1v) is 6.06. The fraction of sp³-hybridized carbons (Fsp3) is 0.538. The number of phenolic OH excluding ortho intramolecular Hbond substituents is 1. The predicted molar refractivity (Wildman–Crippen MR) is 64.7 cm³/mol. The van der Waals surface area contributed by atoms with E-state index in [2.05, 4.69) is 11.0 Å². The standard InChI is InChI=1S/C13H18N2O/c14-7-9-5-11-3-1-10-2-4-12(16)6-13(10)15(11)8-9/h2,4,6,9,11,16H,1,3,5,7-8,14H2. The Hall–Kier alpha value is -1.22. The maximum absolute atomic E-state index is 9.58. The minimum absolute atomic E-state index is 0.371. The number of aryl methyl sites for hydroxylation is 1. The Kier molecular flexibility index (Phi) is 2.28. The molecule has 2 aliphatic rings. The van der Waals surface area contributed by atoms with Crippen molar-refractivity contribution < 1.29 is 5.11 Å². The summed E-state index contributed by atoms with van der Waals surface area (Å²) in [6.07, 6.45) is 3.58. The minimum atomic E-state index is 0.371. The van der Waals surface area contributed by atoms with E-state index < -0.39 is 0 Å². The van der Waals surface area contributed by atoms with Crippen LogP contribution in [0.1, 0.15) is 18.4 Å². The molecule has 0 aromatic heterocycles. The van der Waals surface area contributed by atoms with Gasteiger partial charge in [0.1, 0.15) is 5.75 Å². The predicted octanol–water partition coefficient (Wildman–Crippen LogP) is 1.49. The normalized spacial score (nSPS) is 27.7. The Labute approximate surface area is 95.9 Å². The van der Waals surface area contributed by atoms with Gasteiger partial charge in [-0.1, -0.05) is 6.07 Å². The van der Waals surface area contributed by atoms with Crippen molar-refractivity contribution in [1.82, 2.24) is 0 Å². The van der Waals surface area contributed by atoms with Crippen LogP contribution in [0, 0.1) is 5.92 Å². The molecule has 3 nitrogen and oxygen atoms in total. The van der Waals surface area contributed by atoms with E-state index >= 15 is 0 Å². The van der Waals surface area contributed by atoms with E-state index in [0.717, 1.165) is 19.5 Å². The SMILES string of the molecule is NCC1CC2CCc3ccc(O)cc3N2C1. The highest BCUT2D eigenvalue weighted by atomic mass is 16.3. The summed E-state index contributed by atoms with van der Waals surface area (Å²) in [5, 5.41) is 9.58. The third kappa shape index (κ3) is 1.47. The Morgan fingerprint density at radius 2 is 2.31 bits per heavy atom. The van der Waals surface area contributed by atoms with Crippen LogP contribution in [-0.4, -0.2) is 24.2 Å². The van der Waals surface area contributed by atoms with Gasteiger partial charge >= 0.3 is 0 Å². The van der Waals surface area contributed by atoms with Crippen LogP contribution >= 0.6 is 0 Å². The lowest BCUT2D eigenvalue weighted by Gasteiger charge is -2.33. The van der Waals surface area contributed by atoms with E-state index in [-0.39, 0.29) is 0 Å². The quantitative estimate of drug-likeness (QED) is 0.751. The molecular formula is C13H18N2O. The zero-order valence-corrected chi connectivity index (χ0v) is 9.39. The number of phenols is 1. The fourth-order valence-corrected chi connectivity index (χ4v) is 3.11. The first-order chi connectivity index (χ1) is 7.78. The molecule has 1 aromatic rings. The van der Waals surface area contributed by atoms with Crippen LogP contribution in [-0.2, 0) is 6.42 Å². The highest BCUT2D eigenvalue weighted by Crippen LogP contribution is 2.39. The van der Waals surface area contributed by atoms with Crippen molar-refractivity contribution in [2.45, 2.75) is 25.3 Å². The molecule has 0 amide bonds. The second-order valence-electron chi connectivity index (χ2n) is 5.00. The zero-order chi connectivity index (χ0) is 11.1. The molecule has 0 saturated carbocycles. The first-order valence-electron chi connectivity index (χ1n) is 6.06. The Bertz CT molecular complexity index is 405. The summed E-state index contributed by atoms with van der Waals surface area (Å²) >= 11 is 0. The second kappa shape index (κ2) is 3.67. The summed E-state index contributed by atoms with van der Waals surface area (Å²) in [6.45, 7) is 1.83. The molecule has 0 bridgehead atoms. The maximum atomic E-state index is 9.58. The molecule has 3 N–H and O–H groups in total. The summed E-state index contributed by atoms with van der Waals surface area (Å²) in [5.74, 6) is 0.994. The lowest BCUT2D eigenvalue weighted by molar-refractivity contribution is 0.473. The van der Waals surface area contributed by atoms with Crippen molar-refractivity contribution in [1.29, 1.82) is 0 Å². The van der Waals surface area contributed by atoms with Gasteiger partial charge in [-0.05, 0) is 43.4 Å². The third-order valence-electron chi connectivity index (χ3n) is 3.96. The van der Waals surface area contributed by atoms with Crippen LogP contribution in [0.4, 0.5) is 5.69 Å². The lowest BCUT2D eigenvalue weighted by Crippen LogP contribution is -2.34. The van der Waals surface area contributed by atoms with Crippen molar-refractivity contribution in [2.24, 2.45) is 11.7 Å². The van der Waals surface area contributed by atoms with E-state index in [4.69, 9.17) is 5.73 Å². The number of nitrogens with two attached hydrogens (primary N) is 1. The number of benzene rings is 1. The molecule has 3 heteroatoms.